The molecule has 3 rings (SSSR count). The standard InChI is InChI=1S/C16H19N3O2/c1-11-8-12-4-2-7-17-14(12)13(9-11)19-15(20)18-10-16(21)5-3-6-16/h2,4,7-9,21H,3,5-6,10H2,1H3,(H2,18,19,20). The first kappa shape index (κ1) is 13.8. The fraction of sp³-hybridized carbons (Fsp3) is 0.375. The van der Waals surface area contributed by atoms with Crippen molar-refractivity contribution in [2.75, 3.05) is 11.9 Å². The van der Waals surface area contributed by atoms with E-state index in [2.05, 4.69) is 15.6 Å². The van der Waals surface area contributed by atoms with Gasteiger partial charge in [-0.05, 0) is 49.9 Å². The lowest BCUT2D eigenvalue weighted by molar-refractivity contribution is -0.0287. The van der Waals surface area contributed by atoms with Crippen LogP contribution in [0.2, 0.25) is 0 Å². The molecule has 1 saturated carbocycles. The lowest BCUT2D eigenvalue weighted by atomic mass is 9.80. The van der Waals surface area contributed by atoms with Gasteiger partial charge >= 0.3 is 6.03 Å². The van der Waals surface area contributed by atoms with Crippen molar-refractivity contribution in [3.8, 4) is 0 Å². The number of carbonyl (C=O) groups excluding carboxylic acids is 1. The van der Waals surface area contributed by atoms with Crippen LogP contribution in [0, 0.1) is 6.92 Å². The predicted molar refractivity (Wildman–Crippen MR) is 82.3 cm³/mol. The fourth-order valence-electron chi connectivity index (χ4n) is 2.61. The maximum absolute atomic E-state index is 12.0. The van der Waals surface area contributed by atoms with E-state index in [0.717, 1.165) is 35.7 Å². The van der Waals surface area contributed by atoms with Crippen molar-refractivity contribution in [1.82, 2.24) is 10.3 Å². The zero-order valence-corrected chi connectivity index (χ0v) is 12.0. The van der Waals surface area contributed by atoms with Gasteiger partial charge in [0.15, 0.2) is 0 Å². The molecule has 1 aromatic heterocycles. The van der Waals surface area contributed by atoms with E-state index in [-0.39, 0.29) is 12.6 Å². The van der Waals surface area contributed by atoms with Crippen LogP contribution in [0.1, 0.15) is 24.8 Å². The number of carbonyl (C=O) groups is 1. The van der Waals surface area contributed by atoms with Gasteiger partial charge in [0.25, 0.3) is 0 Å². The van der Waals surface area contributed by atoms with Crippen molar-refractivity contribution >= 4 is 22.6 Å². The first-order valence-electron chi connectivity index (χ1n) is 7.18. The van der Waals surface area contributed by atoms with Gasteiger partial charge in [0.05, 0.1) is 16.8 Å². The van der Waals surface area contributed by atoms with Gasteiger partial charge in [-0.1, -0.05) is 6.07 Å². The quantitative estimate of drug-likeness (QED) is 0.811. The van der Waals surface area contributed by atoms with Crippen LogP contribution in [0.3, 0.4) is 0 Å². The number of nitrogens with one attached hydrogen (secondary N) is 2. The highest BCUT2D eigenvalue weighted by atomic mass is 16.3. The Morgan fingerprint density at radius 2 is 2.24 bits per heavy atom. The Hall–Kier alpha value is -2.14. The van der Waals surface area contributed by atoms with Gasteiger partial charge in [0.1, 0.15) is 0 Å². The summed E-state index contributed by atoms with van der Waals surface area (Å²) >= 11 is 0. The number of rotatable bonds is 3. The summed E-state index contributed by atoms with van der Waals surface area (Å²) in [6.07, 6.45) is 4.23. The van der Waals surface area contributed by atoms with Crippen LogP contribution in [0.25, 0.3) is 10.9 Å². The molecule has 0 atom stereocenters. The molecule has 5 heteroatoms. The van der Waals surface area contributed by atoms with Crippen molar-refractivity contribution in [3.05, 3.63) is 36.0 Å². The summed E-state index contributed by atoms with van der Waals surface area (Å²) in [6.45, 7) is 2.27. The van der Waals surface area contributed by atoms with Crippen molar-refractivity contribution in [2.45, 2.75) is 31.8 Å². The number of nitrogens with zero attached hydrogens (tertiary/aromatic N) is 1. The maximum Gasteiger partial charge on any atom is 0.319 e. The molecule has 2 amide bonds. The lowest BCUT2D eigenvalue weighted by Gasteiger charge is -2.36. The van der Waals surface area contributed by atoms with Crippen molar-refractivity contribution in [2.24, 2.45) is 0 Å². The smallest absolute Gasteiger partial charge is 0.319 e. The Labute approximate surface area is 123 Å². The molecular formula is C16H19N3O2. The van der Waals surface area contributed by atoms with Gasteiger partial charge in [-0.25, -0.2) is 4.79 Å². The highest BCUT2D eigenvalue weighted by Gasteiger charge is 2.34. The molecule has 0 radical (unpaired) electrons. The molecule has 0 aliphatic heterocycles. The number of hydrogen-bond donors (Lipinski definition) is 3. The average molecular weight is 285 g/mol. The van der Waals surface area contributed by atoms with Crippen LogP contribution >= 0.6 is 0 Å². The van der Waals surface area contributed by atoms with E-state index in [4.69, 9.17) is 0 Å². The van der Waals surface area contributed by atoms with Gasteiger partial charge in [0.2, 0.25) is 0 Å². The minimum Gasteiger partial charge on any atom is -0.388 e. The molecule has 0 unspecified atom stereocenters. The maximum atomic E-state index is 12.0. The topological polar surface area (TPSA) is 74.2 Å². The van der Waals surface area contributed by atoms with E-state index in [1.807, 2.05) is 31.2 Å². The number of anilines is 1. The van der Waals surface area contributed by atoms with Crippen LogP contribution in [0.15, 0.2) is 30.5 Å². The monoisotopic (exact) mass is 285 g/mol. The molecule has 1 fully saturated rings. The van der Waals surface area contributed by atoms with Gasteiger partial charge in [-0.2, -0.15) is 0 Å². The van der Waals surface area contributed by atoms with Gasteiger partial charge in [-0.15, -0.1) is 0 Å². The molecule has 1 aliphatic carbocycles. The van der Waals surface area contributed by atoms with E-state index in [1.165, 1.54) is 0 Å². The summed E-state index contributed by atoms with van der Waals surface area (Å²) in [4.78, 5) is 16.3. The highest BCUT2D eigenvalue weighted by molar-refractivity contribution is 5.99. The molecule has 3 N–H and O–H groups in total. The second-order valence-corrected chi connectivity index (χ2v) is 5.77. The van der Waals surface area contributed by atoms with Crippen LogP contribution in [0.4, 0.5) is 10.5 Å². The number of aromatic nitrogens is 1. The number of urea groups is 1. The summed E-state index contributed by atoms with van der Waals surface area (Å²) < 4.78 is 0. The Bertz CT molecular complexity index is 680. The minimum atomic E-state index is -0.718. The number of amides is 2. The largest absolute Gasteiger partial charge is 0.388 e. The SMILES string of the molecule is Cc1cc(NC(=O)NCC2(O)CCC2)c2ncccc2c1. The molecule has 0 spiro atoms. The molecule has 0 saturated heterocycles. The van der Waals surface area contributed by atoms with E-state index in [9.17, 15) is 9.90 Å². The molecule has 1 heterocycles. The van der Waals surface area contributed by atoms with E-state index >= 15 is 0 Å². The number of benzene rings is 1. The molecule has 1 aliphatic rings. The van der Waals surface area contributed by atoms with Crippen LogP contribution < -0.4 is 10.6 Å². The Balaban J connectivity index is 1.73. The van der Waals surface area contributed by atoms with Crippen LogP contribution in [-0.4, -0.2) is 28.3 Å². The fourth-order valence-corrected chi connectivity index (χ4v) is 2.61. The van der Waals surface area contributed by atoms with Crippen molar-refractivity contribution < 1.29 is 9.90 Å². The van der Waals surface area contributed by atoms with E-state index < -0.39 is 5.60 Å². The van der Waals surface area contributed by atoms with E-state index in [0.29, 0.717) is 5.69 Å². The normalized spacial score (nSPS) is 16.3. The molecule has 110 valence electrons. The third-order valence-electron chi connectivity index (χ3n) is 3.96. The number of aryl methyl sites for hydroxylation is 1. The summed E-state index contributed by atoms with van der Waals surface area (Å²) in [7, 11) is 0. The average Bonchev–Trinajstić information content (AvgIpc) is 2.43. The summed E-state index contributed by atoms with van der Waals surface area (Å²) in [5.41, 5.74) is 1.79. The molecule has 0 bridgehead atoms. The summed E-state index contributed by atoms with van der Waals surface area (Å²) in [5.74, 6) is 0. The summed E-state index contributed by atoms with van der Waals surface area (Å²) in [5, 5.41) is 16.5. The number of pyridine rings is 1. The highest BCUT2D eigenvalue weighted by Crippen LogP contribution is 2.30. The Morgan fingerprint density at radius 3 is 2.95 bits per heavy atom. The third kappa shape index (κ3) is 2.97. The third-order valence-corrected chi connectivity index (χ3v) is 3.96. The molecule has 1 aromatic carbocycles. The first-order chi connectivity index (χ1) is 10.1. The van der Waals surface area contributed by atoms with Gasteiger partial charge in [0, 0.05) is 18.1 Å². The molecule has 2 aromatic rings. The van der Waals surface area contributed by atoms with Crippen molar-refractivity contribution in [1.29, 1.82) is 0 Å². The zero-order valence-electron chi connectivity index (χ0n) is 12.0. The van der Waals surface area contributed by atoms with Gasteiger partial charge in [-0.3, -0.25) is 4.98 Å². The predicted octanol–water partition coefficient (Wildman–Crippen LogP) is 2.58. The zero-order chi connectivity index (χ0) is 14.9. The summed E-state index contributed by atoms with van der Waals surface area (Å²) in [6, 6.07) is 7.45. The first-order valence-corrected chi connectivity index (χ1v) is 7.18. The van der Waals surface area contributed by atoms with Crippen molar-refractivity contribution in [3.63, 3.8) is 0 Å². The lowest BCUT2D eigenvalue weighted by Crippen LogP contribution is -2.48. The molecule has 5 nitrogen and oxygen atoms in total. The minimum absolute atomic E-state index is 0.288. The van der Waals surface area contributed by atoms with Gasteiger partial charge < -0.3 is 15.7 Å². The molecule has 21 heavy (non-hydrogen) atoms. The Morgan fingerprint density at radius 1 is 1.43 bits per heavy atom. The Kier molecular flexibility index (Phi) is 3.51. The van der Waals surface area contributed by atoms with Crippen LogP contribution in [0.5, 0.6) is 0 Å². The number of fused-ring (bicyclic) bond motifs is 1. The van der Waals surface area contributed by atoms with Crippen LogP contribution in [-0.2, 0) is 0 Å². The number of hydrogen-bond acceptors (Lipinski definition) is 3. The van der Waals surface area contributed by atoms with E-state index in [1.54, 1.807) is 6.20 Å². The molecular weight excluding hydrogens is 266 g/mol. The second-order valence-electron chi connectivity index (χ2n) is 5.77. The number of aliphatic hydroxyl groups is 1. The second kappa shape index (κ2) is 5.33.